The molecule has 1 aromatic carbocycles. The third kappa shape index (κ3) is 2.05. The summed E-state index contributed by atoms with van der Waals surface area (Å²) in [6.07, 6.45) is 3.25. The minimum atomic E-state index is 0.121. The third-order valence-corrected chi connectivity index (χ3v) is 3.83. The molecular weight excluding hydrogens is 214 g/mol. The number of ether oxygens (including phenoxy) is 1. The second-order valence-electron chi connectivity index (χ2n) is 5.14. The van der Waals surface area contributed by atoms with E-state index in [-0.39, 0.29) is 6.61 Å². The number of aliphatic hydroxyl groups excluding tert-OH is 1. The van der Waals surface area contributed by atoms with Crippen LogP contribution in [-0.2, 0) is 11.3 Å². The van der Waals surface area contributed by atoms with Gasteiger partial charge in [-0.15, -0.1) is 0 Å². The summed E-state index contributed by atoms with van der Waals surface area (Å²) in [5, 5.41) is 9.12. The van der Waals surface area contributed by atoms with Gasteiger partial charge in [0.1, 0.15) is 0 Å². The maximum atomic E-state index is 9.12. The lowest BCUT2D eigenvalue weighted by molar-refractivity contribution is 0.0304. The van der Waals surface area contributed by atoms with E-state index in [0.717, 1.165) is 18.7 Å². The summed E-state index contributed by atoms with van der Waals surface area (Å²) in [7, 11) is 0. The summed E-state index contributed by atoms with van der Waals surface area (Å²) >= 11 is 0. The van der Waals surface area contributed by atoms with Crippen LogP contribution < -0.4 is 4.90 Å². The summed E-state index contributed by atoms with van der Waals surface area (Å²) in [4.78, 5) is 2.43. The smallest absolute Gasteiger partial charge is 0.0755 e. The Morgan fingerprint density at radius 1 is 1.29 bits per heavy atom. The Balaban J connectivity index is 1.84. The Morgan fingerprint density at radius 2 is 2.00 bits per heavy atom. The number of nitrogens with zero attached hydrogens (tertiary/aromatic N) is 1. The van der Waals surface area contributed by atoms with Crippen molar-refractivity contribution in [2.45, 2.75) is 38.6 Å². The molecule has 0 aromatic heterocycles. The van der Waals surface area contributed by atoms with Gasteiger partial charge >= 0.3 is 0 Å². The van der Waals surface area contributed by atoms with Crippen LogP contribution >= 0.6 is 0 Å². The summed E-state index contributed by atoms with van der Waals surface area (Å²) < 4.78 is 5.85. The van der Waals surface area contributed by atoms with Crippen molar-refractivity contribution in [1.29, 1.82) is 0 Å². The van der Waals surface area contributed by atoms with Gasteiger partial charge in [0.2, 0.25) is 0 Å². The lowest BCUT2D eigenvalue weighted by Crippen LogP contribution is -2.42. The average molecular weight is 233 g/mol. The summed E-state index contributed by atoms with van der Waals surface area (Å²) in [6.45, 7) is 4.26. The highest BCUT2D eigenvalue weighted by molar-refractivity contribution is 5.55. The second kappa shape index (κ2) is 4.31. The van der Waals surface area contributed by atoms with Crippen LogP contribution in [0, 0.1) is 6.92 Å². The molecule has 1 N–H and O–H groups in total. The molecule has 0 saturated carbocycles. The van der Waals surface area contributed by atoms with E-state index in [9.17, 15) is 0 Å². The zero-order valence-corrected chi connectivity index (χ0v) is 10.2. The van der Waals surface area contributed by atoms with Crippen LogP contribution in [0.3, 0.4) is 0 Å². The van der Waals surface area contributed by atoms with Gasteiger partial charge in [-0.3, -0.25) is 0 Å². The lowest BCUT2D eigenvalue weighted by Gasteiger charge is -2.34. The molecule has 0 aliphatic carbocycles. The SMILES string of the molecule is Cc1cc(CO)ccc1N1CC2CCC(C1)O2. The molecule has 0 spiro atoms. The molecule has 2 aliphatic rings. The maximum Gasteiger partial charge on any atom is 0.0755 e. The van der Waals surface area contributed by atoms with Gasteiger partial charge < -0.3 is 14.7 Å². The molecule has 17 heavy (non-hydrogen) atoms. The third-order valence-electron chi connectivity index (χ3n) is 3.83. The largest absolute Gasteiger partial charge is 0.392 e. The highest BCUT2D eigenvalue weighted by Crippen LogP contribution is 2.31. The van der Waals surface area contributed by atoms with Crippen molar-refractivity contribution < 1.29 is 9.84 Å². The fourth-order valence-corrected chi connectivity index (χ4v) is 2.98. The van der Waals surface area contributed by atoms with E-state index >= 15 is 0 Å². The van der Waals surface area contributed by atoms with Gasteiger partial charge in [0.15, 0.2) is 0 Å². The highest BCUT2D eigenvalue weighted by atomic mass is 16.5. The first-order valence-electron chi connectivity index (χ1n) is 6.37. The fraction of sp³-hybridized carbons (Fsp3) is 0.571. The number of aryl methyl sites for hydroxylation is 1. The molecule has 1 aromatic rings. The fourth-order valence-electron chi connectivity index (χ4n) is 2.98. The maximum absolute atomic E-state index is 9.12. The topological polar surface area (TPSA) is 32.7 Å². The van der Waals surface area contributed by atoms with Crippen LogP contribution in [-0.4, -0.2) is 30.4 Å². The van der Waals surface area contributed by atoms with Crippen LogP contribution in [0.15, 0.2) is 18.2 Å². The van der Waals surface area contributed by atoms with E-state index in [1.807, 2.05) is 6.07 Å². The van der Waals surface area contributed by atoms with Gasteiger partial charge in [-0.2, -0.15) is 0 Å². The van der Waals surface area contributed by atoms with Crippen LogP contribution in [0.5, 0.6) is 0 Å². The molecule has 2 fully saturated rings. The Hall–Kier alpha value is -1.06. The van der Waals surface area contributed by atoms with Crippen molar-refractivity contribution in [3.8, 4) is 0 Å². The first-order valence-corrected chi connectivity index (χ1v) is 6.37. The standard InChI is InChI=1S/C14H19NO2/c1-10-6-11(9-16)2-5-14(10)15-7-12-3-4-13(8-15)17-12/h2,5-6,12-13,16H,3-4,7-9H2,1H3. The van der Waals surface area contributed by atoms with Crippen LogP contribution in [0.25, 0.3) is 0 Å². The summed E-state index contributed by atoms with van der Waals surface area (Å²) in [5.41, 5.74) is 3.53. The van der Waals surface area contributed by atoms with Gasteiger partial charge in [0.25, 0.3) is 0 Å². The van der Waals surface area contributed by atoms with Crippen molar-refractivity contribution in [3.05, 3.63) is 29.3 Å². The Bertz CT molecular complexity index is 407. The monoisotopic (exact) mass is 233 g/mol. The number of morpholine rings is 1. The molecule has 3 heteroatoms. The number of hydrogen-bond acceptors (Lipinski definition) is 3. The Morgan fingerprint density at radius 3 is 2.59 bits per heavy atom. The Kier molecular flexibility index (Phi) is 2.81. The number of anilines is 1. The van der Waals surface area contributed by atoms with Crippen molar-refractivity contribution >= 4 is 5.69 Å². The highest BCUT2D eigenvalue weighted by Gasteiger charge is 2.34. The number of benzene rings is 1. The number of aliphatic hydroxyl groups is 1. The molecule has 0 radical (unpaired) electrons. The van der Waals surface area contributed by atoms with Crippen LogP contribution in [0.2, 0.25) is 0 Å². The van der Waals surface area contributed by atoms with Crippen molar-refractivity contribution in [1.82, 2.24) is 0 Å². The zero-order valence-electron chi connectivity index (χ0n) is 10.2. The van der Waals surface area contributed by atoms with E-state index in [1.54, 1.807) is 0 Å². The van der Waals surface area contributed by atoms with E-state index in [1.165, 1.54) is 24.1 Å². The molecule has 2 saturated heterocycles. The number of rotatable bonds is 2. The Labute approximate surface area is 102 Å². The lowest BCUT2D eigenvalue weighted by atomic mass is 10.1. The quantitative estimate of drug-likeness (QED) is 0.846. The van der Waals surface area contributed by atoms with Gasteiger partial charge in [-0.05, 0) is 37.0 Å². The van der Waals surface area contributed by atoms with Gasteiger partial charge in [0, 0.05) is 18.8 Å². The van der Waals surface area contributed by atoms with Crippen molar-refractivity contribution in [3.63, 3.8) is 0 Å². The first-order chi connectivity index (χ1) is 8.26. The predicted octanol–water partition coefficient (Wildman–Crippen LogP) is 1.85. The molecule has 3 nitrogen and oxygen atoms in total. The van der Waals surface area contributed by atoms with Crippen LogP contribution in [0.4, 0.5) is 5.69 Å². The summed E-state index contributed by atoms with van der Waals surface area (Å²) in [6, 6.07) is 6.22. The first kappa shape index (κ1) is 11.1. The number of hydrogen-bond donors (Lipinski definition) is 1. The van der Waals surface area contributed by atoms with Gasteiger partial charge in [-0.25, -0.2) is 0 Å². The van der Waals surface area contributed by atoms with Crippen LogP contribution in [0.1, 0.15) is 24.0 Å². The van der Waals surface area contributed by atoms with Crippen molar-refractivity contribution in [2.75, 3.05) is 18.0 Å². The number of fused-ring (bicyclic) bond motifs is 2. The predicted molar refractivity (Wildman–Crippen MR) is 67.2 cm³/mol. The normalized spacial score (nSPS) is 27.5. The van der Waals surface area contributed by atoms with E-state index in [4.69, 9.17) is 9.84 Å². The second-order valence-corrected chi connectivity index (χ2v) is 5.14. The summed E-state index contributed by atoms with van der Waals surface area (Å²) in [5.74, 6) is 0. The van der Waals surface area contributed by atoms with Gasteiger partial charge in [0.05, 0.1) is 18.8 Å². The molecule has 92 valence electrons. The average Bonchev–Trinajstić information content (AvgIpc) is 2.68. The molecule has 2 unspecified atom stereocenters. The molecule has 2 atom stereocenters. The van der Waals surface area contributed by atoms with Crippen molar-refractivity contribution in [2.24, 2.45) is 0 Å². The molecule has 0 amide bonds. The zero-order chi connectivity index (χ0) is 11.8. The molecular formula is C14H19NO2. The van der Waals surface area contributed by atoms with Gasteiger partial charge in [-0.1, -0.05) is 12.1 Å². The molecule has 3 rings (SSSR count). The van der Waals surface area contributed by atoms with E-state index in [0.29, 0.717) is 12.2 Å². The van der Waals surface area contributed by atoms with E-state index < -0.39 is 0 Å². The molecule has 2 bridgehead atoms. The molecule has 2 heterocycles. The minimum absolute atomic E-state index is 0.121. The minimum Gasteiger partial charge on any atom is -0.392 e. The van der Waals surface area contributed by atoms with E-state index in [2.05, 4.69) is 24.0 Å². The molecule has 2 aliphatic heterocycles.